The molecule has 1 fully saturated rings. The summed E-state index contributed by atoms with van der Waals surface area (Å²) >= 11 is 0. The second-order valence-corrected chi connectivity index (χ2v) is 6.31. The summed E-state index contributed by atoms with van der Waals surface area (Å²) in [4.78, 5) is 18.2. The van der Waals surface area contributed by atoms with Gasteiger partial charge < -0.3 is 15.5 Å². The molecule has 1 amide bonds. The van der Waals surface area contributed by atoms with Crippen LogP contribution < -0.4 is 10.6 Å². The van der Waals surface area contributed by atoms with Gasteiger partial charge in [-0.15, -0.1) is 30.6 Å². The molecule has 1 rings (SSSR count). The second-order valence-electron chi connectivity index (χ2n) is 6.31. The Labute approximate surface area is 164 Å². The first-order valence-electron chi connectivity index (χ1n) is 8.99. The molecule has 0 heterocycles. The molecule has 0 aromatic rings. The van der Waals surface area contributed by atoms with E-state index in [0.717, 1.165) is 51.3 Å². The van der Waals surface area contributed by atoms with Crippen molar-refractivity contribution in [2.45, 2.75) is 51.4 Å². The normalized spacial score (nSPS) is 14.3. The van der Waals surface area contributed by atoms with Gasteiger partial charge in [-0.2, -0.15) is 0 Å². The molecule has 0 bridgehead atoms. The molecule has 2 N–H and O–H groups in total. The van der Waals surface area contributed by atoms with Gasteiger partial charge in [-0.25, -0.2) is 0 Å². The molecule has 5 nitrogen and oxygen atoms in total. The summed E-state index contributed by atoms with van der Waals surface area (Å²) in [6.07, 6.45) is 10.9. The third-order valence-corrected chi connectivity index (χ3v) is 4.39. The van der Waals surface area contributed by atoms with Crippen LogP contribution in [0.25, 0.3) is 0 Å². The number of aliphatic imine (C=N–C) groups is 1. The molecule has 1 saturated carbocycles. The monoisotopic (exact) mass is 450 g/mol. The third kappa shape index (κ3) is 9.49. The molecule has 24 heavy (non-hydrogen) atoms. The molecule has 6 heteroatoms. The van der Waals surface area contributed by atoms with E-state index in [4.69, 9.17) is 0 Å². The molecular weight excluding hydrogens is 415 g/mol. The van der Waals surface area contributed by atoms with Crippen molar-refractivity contribution in [3.05, 3.63) is 12.7 Å². The Morgan fingerprint density at radius 2 is 1.92 bits per heavy atom. The fourth-order valence-corrected chi connectivity index (χ4v) is 2.62. The number of halogens is 1. The van der Waals surface area contributed by atoms with Crippen LogP contribution in [0.5, 0.6) is 0 Å². The summed E-state index contributed by atoms with van der Waals surface area (Å²) in [7, 11) is 3.89. The highest BCUT2D eigenvalue weighted by molar-refractivity contribution is 14.0. The maximum absolute atomic E-state index is 11.7. The summed E-state index contributed by atoms with van der Waals surface area (Å²) < 4.78 is 0. The van der Waals surface area contributed by atoms with E-state index in [1.165, 1.54) is 25.7 Å². The summed E-state index contributed by atoms with van der Waals surface area (Å²) in [5.74, 6) is 1.44. The Hall–Kier alpha value is -0.790. The lowest BCUT2D eigenvalue weighted by molar-refractivity contribution is -0.127. The zero-order valence-corrected chi connectivity index (χ0v) is 17.7. The molecule has 0 aromatic heterocycles. The quantitative estimate of drug-likeness (QED) is 0.167. The van der Waals surface area contributed by atoms with Crippen LogP contribution in [0.15, 0.2) is 17.6 Å². The van der Waals surface area contributed by atoms with E-state index in [1.807, 2.05) is 13.1 Å². The van der Waals surface area contributed by atoms with Crippen molar-refractivity contribution in [3.8, 4) is 0 Å². The summed E-state index contributed by atoms with van der Waals surface area (Å²) in [6, 6.07) is 0. The fourth-order valence-electron chi connectivity index (χ4n) is 2.62. The van der Waals surface area contributed by atoms with Crippen molar-refractivity contribution in [2.75, 3.05) is 33.7 Å². The minimum Gasteiger partial charge on any atom is -0.356 e. The van der Waals surface area contributed by atoms with Crippen LogP contribution in [0, 0.1) is 5.92 Å². The maximum Gasteiger partial charge on any atom is 0.223 e. The van der Waals surface area contributed by atoms with Gasteiger partial charge in [-0.1, -0.05) is 18.9 Å². The molecule has 1 aliphatic rings. The highest BCUT2D eigenvalue weighted by Crippen LogP contribution is 2.25. The standard InChI is InChI=1S/C18H34N4O.HI/c1-4-5-6-7-8-15-22(3)18(19-2)21-14-10-13-20-17(23)16-11-9-12-16;/h4,16H,1,5-15H2,2-3H3,(H,19,21)(H,20,23);1H. The molecular formula is C18H35IN4O. The SMILES string of the molecule is C=CCCCCCN(C)C(=NC)NCCCNC(=O)C1CCC1.I. The predicted octanol–water partition coefficient (Wildman–Crippen LogP) is 3.16. The van der Waals surface area contributed by atoms with Gasteiger partial charge in [-0.05, 0) is 38.5 Å². The van der Waals surface area contributed by atoms with Gasteiger partial charge in [0.2, 0.25) is 5.91 Å². The lowest BCUT2D eigenvalue weighted by atomic mass is 9.85. The van der Waals surface area contributed by atoms with Crippen LogP contribution in [0.1, 0.15) is 51.4 Å². The average Bonchev–Trinajstić information content (AvgIpc) is 2.48. The Balaban J connectivity index is 0.00000529. The Bertz CT molecular complexity index is 383. The van der Waals surface area contributed by atoms with Crippen LogP contribution in [0.3, 0.4) is 0 Å². The number of guanidine groups is 1. The maximum atomic E-state index is 11.7. The Morgan fingerprint density at radius 1 is 1.21 bits per heavy atom. The first-order chi connectivity index (χ1) is 11.2. The van der Waals surface area contributed by atoms with E-state index in [2.05, 4.69) is 34.2 Å². The van der Waals surface area contributed by atoms with Crippen LogP contribution in [0.4, 0.5) is 0 Å². The van der Waals surface area contributed by atoms with Crippen molar-refractivity contribution in [1.29, 1.82) is 0 Å². The molecule has 0 aliphatic heterocycles. The average molecular weight is 450 g/mol. The van der Waals surface area contributed by atoms with E-state index in [0.29, 0.717) is 0 Å². The molecule has 0 saturated heterocycles. The minimum atomic E-state index is 0. The van der Waals surface area contributed by atoms with Gasteiger partial charge in [0.1, 0.15) is 0 Å². The van der Waals surface area contributed by atoms with Gasteiger partial charge in [0.25, 0.3) is 0 Å². The lowest BCUT2D eigenvalue weighted by Gasteiger charge is -2.24. The van der Waals surface area contributed by atoms with Gasteiger partial charge in [0, 0.05) is 39.6 Å². The molecule has 0 radical (unpaired) electrons. The zero-order valence-electron chi connectivity index (χ0n) is 15.4. The van der Waals surface area contributed by atoms with E-state index in [-0.39, 0.29) is 35.8 Å². The molecule has 1 aliphatic carbocycles. The number of carbonyl (C=O) groups is 1. The number of allylic oxidation sites excluding steroid dienone is 1. The van der Waals surface area contributed by atoms with E-state index in [1.54, 1.807) is 0 Å². The van der Waals surface area contributed by atoms with Gasteiger partial charge >= 0.3 is 0 Å². The summed E-state index contributed by atoms with van der Waals surface area (Å²) in [6.45, 7) is 6.33. The Kier molecular flexibility index (Phi) is 14.1. The Morgan fingerprint density at radius 3 is 2.50 bits per heavy atom. The van der Waals surface area contributed by atoms with E-state index < -0.39 is 0 Å². The van der Waals surface area contributed by atoms with E-state index in [9.17, 15) is 4.79 Å². The third-order valence-electron chi connectivity index (χ3n) is 4.39. The zero-order chi connectivity index (χ0) is 16.9. The topological polar surface area (TPSA) is 56.7 Å². The van der Waals surface area contributed by atoms with Crippen LogP contribution in [0.2, 0.25) is 0 Å². The van der Waals surface area contributed by atoms with Gasteiger partial charge in [-0.3, -0.25) is 9.79 Å². The highest BCUT2D eigenvalue weighted by atomic mass is 127. The van der Waals surface area contributed by atoms with Crippen LogP contribution in [-0.4, -0.2) is 50.5 Å². The molecule has 0 aromatic carbocycles. The first kappa shape index (κ1) is 23.2. The number of rotatable bonds is 11. The fraction of sp³-hybridized carbons (Fsp3) is 0.778. The van der Waals surface area contributed by atoms with Crippen molar-refractivity contribution >= 4 is 35.8 Å². The van der Waals surface area contributed by atoms with Gasteiger partial charge in [0.15, 0.2) is 5.96 Å². The number of hydrogen-bond acceptors (Lipinski definition) is 2. The highest BCUT2D eigenvalue weighted by Gasteiger charge is 2.24. The van der Waals surface area contributed by atoms with Crippen molar-refractivity contribution in [3.63, 3.8) is 0 Å². The number of nitrogens with one attached hydrogen (secondary N) is 2. The van der Waals surface area contributed by atoms with Crippen molar-refractivity contribution < 1.29 is 4.79 Å². The smallest absolute Gasteiger partial charge is 0.223 e. The molecule has 0 unspecified atom stereocenters. The molecule has 140 valence electrons. The number of unbranched alkanes of at least 4 members (excludes halogenated alkanes) is 3. The summed E-state index contributed by atoms with van der Waals surface area (Å²) in [5, 5.41) is 6.38. The van der Waals surface area contributed by atoms with Crippen molar-refractivity contribution in [2.24, 2.45) is 10.9 Å². The predicted molar refractivity (Wildman–Crippen MR) is 113 cm³/mol. The van der Waals surface area contributed by atoms with E-state index >= 15 is 0 Å². The lowest BCUT2D eigenvalue weighted by Crippen LogP contribution is -2.41. The number of nitrogens with zero attached hydrogens (tertiary/aromatic N) is 2. The number of carbonyl (C=O) groups excluding carboxylic acids is 1. The summed E-state index contributed by atoms with van der Waals surface area (Å²) in [5.41, 5.74) is 0. The first-order valence-corrected chi connectivity index (χ1v) is 8.99. The minimum absolute atomic E-state index is 0. The van der Waals surface area contributed by atoms with Crippen LogP contribution >= 0.6 is 24.0 Å². The number of hydrogen-bond donors (Lipinski definition) is 2. The van der Waals surface area contributed by atoms with Crippen LogP contribution in [-0.2, 0) is 4.79 Å². The molecule has 0 atom stereocenters. The molecule has 0 spiro atoms. The van der Waals surface area contributed by atoms with Gasteiger partial charge in [0.05, 0.1) is 0 Å². The van der Waals surface area contributed by atoms with Crippen molar-refractivity contribution in [1.82, 2.24) is 15.5 Å². The number of amides is 1. The largest absolute Gasteiger partial charge is 0.356 e. The second kappa shape index (κ2) is 14.5.